The van der Waals surface area contributed by atoms with Crippen LogP contribution in [0.4, 0.5) is 5.69 Å². The van der Waals surface area contributed by atoms with Gasteiger partial charge in [0.25, 0.3) is 11.8 Å². The molecule has 7 heteroatoms. The molecule has 0 atom stereocenters. The van der Waals surface area contributed by atoms with E-state index in [4.69, 9.17) is 4.74 Å². The van der Waals surface area contributed by atoms with Gasteiger partial charge in [-0.2, -0.15) is 0 Å². The Morgan fingerprint density at radius 3 is 2.14 bits per heavy atom. The Bertz CT molecular complexity index is 919. The van der Waals surface area contributed by atoms with Crippen molar-refractivity contribution in [3.05, 3.63) is 64.7 Å². The molecule has 0 saturated carbocycles. The van der Waals surface area contributed by atoms with Crippen molar-refractivity contribution in [2.24, 2.45) is 0 Å². The molecule has 2 N–H and O–H groups in total. The predicted molar refractivity (Wildman–Crippen MR) is 109 cm³/mol. The summed E-state index contributed by atoms with van der Waals surface area (Å²) in [5, 5.41) is 5.07. The van der Waals surface area contributed by atoms with E-state index in [2.05, 4.69) is 10.6 Å². The molecule has 0 fully saturated rings. The third-order valence-electron chi connectivity index (χ3n) is 4.41. The van der Waals surface area contributed by atoms with Gasteiger partial charge in [0.05, 0.1) is 6.42 Å². The minimum absolute atomic E-state index is 0.0178. The molecule has 0 spiro atoms. The first-order valence-electron chi connectivity index (χ1n) is 9.18. The average molecular weight is 396 g/mol. The van der Waals surface area contributed by atoms with Crippen molar-refractivity contribution in [1.29, 1.82) is 0 Å². The summed E-state index contributed by atoms with van der Waals surface area (Å²) in [7, 11) is 1.53. The van der Waals surface area contributed by atoms with Gasteiger partial charge in [-0.3, -0.25) is 19.2 Å². The Morgan fingerprint density at radius 1 is 0.862 bits per heavy atom. The molecular formula is C22H24N2O5. The molecule has 0 unspecified atom stereocenters. The number of benzene rings is 2. The third-order valence-corrected chi connectivity index (χ3v) is 4.41. The summed E-state index contributed by atoms with van der Waals surface area (Å²) in [5.74, 6) is -1.50. The fraction of sp³-hybridized carbons (Fsp3) is 0.273. The van der Waals surface area contributed by atoms with Crippen molar-refractivity contribution in [3.8, 4) is 0 Å². The normalized spacial score (nSPS) is 10.2. The van der Waals surface area contributed by atoms with Crippen LogP contribution in [0.1, 0.15) is 44.7 Å². The maximum absolute atomic E-state index is 12.2. The summed E-state index contributed by atoms with van der Waals surface area (Å²) in [6, 6.07) is 11.7. The minimum atomic E-state index is -0.618. The molecule has 0 heterocycles. The van der Waals surface area contributed by atoms with E-state index in [1.807, 2.05) is 19.9 Å². The maximum Gasteiger partial charge on any atom is 0.306 e. The van der Waals surface area contributed by atoms with Crippen molar-refractivity contribution >= 4 is 29.3 Å². The van der Waals surface area contributed by atoms with E-state index >= 15 is 0 Å². The van der Waals surface area contributed by atoms with Gasteiger partial charge >= 0.3 is 5.97 Å². The summed E-state index contributed by atoms with van der Waals surface area (Å²) in [6.07, 6.45) is -0.0796. The fourth-order valence-electron chi connectivity index (χ4n) is 2.54. The van der Waals surface area contributed by atoms with Crippen molar-refractivity contribution in [2.45, 2.75) is 26.7 Å². The van der Waals surface area contributed by atoms with E-state index in [9.17, 15) is 19.2 Å². The number of rotatable bonds is 8. The highest BCUT2D eigenvalue weighted by atomic mass is 16.5. The van der Waals surface area contributed by atoms with Crippen LogP contribution in [0.5, 0.6) is 0 Å². The second kappa shape index (κ2) is 10.2. The fourth-order valence-corrected chi connectivity index (χ4v) is 2.54. The van der Waals surface area contributed by atoms with Crippen LogP contribution in [0.3, 0.4) is 0 Å². The molecule has 2 rings (SSSR count). The summed E-state index contributed by atoms with van der Waals surface area (Å²) >= 11 is 0. The van der Waals surface area contributed by atoms with Crippen molar-refractivity contribution in [3.63, 3.8) is 0 Å². The van der Waals surface area contributed by atoms with Crippen LogP contribution in [0.2, 0.25) is 0 Å². The second-order valence-electron chi connectivity index (χ2n) is 6.59. The molecule has 2 aromatic rings. The van der Waals surface area contributed by atoms with Gasteiger partial charge in [0.1, 0.15) is 0 Å². The largest absolute Gasteiger partial charge is 0.456 e. The lowest BCUT2D eigenvalue weighted by Crippen LogP contribution is -2.21. The van der Waals surface area contributed by atoms with E-state index in [0.717, 1.165) is 11.1 Å². The van der Waals surface area contributed by atoms with Crippen molar-refractivity contribution in [2.75, 3.05) is 19.0 Å². The van der Waals surface area contributed by atoms with E-state index in [1.54, 1.807) is 36.4 Å². The number of amides is 2. The average Bonchev–Trinajstić information content (AvgIpc) is 2.72. The molecule has 152 valence electrons. The Labute approximate surface area is 169 Å². The second-order valence-corrected chi connectivity index (χ2v) is 6.59. The van der Waals surface area contributed by atoms with Crippen LogP contribution < -0.4 is 10.6 Å². The lowest BCUT2D eigenvalue weighted by molar-refractivity contribution is -0.147. The van der Waals surface area contributed by atoms with Gasteiger partial charge in [0, 0.05) is 30.3 Å². The van der Waals surface area contributed by atoms with Crippen LogP contribution in [0.25, 0.3) is 0 Å². The van der Waals surface area contributed by atoms with Crippen molar-refractivity contribution < 1.29 is 23.9 Å². The number of esters is 1. The number of aryl methyl sites for hydroxylation is 2. The first kappa shape index (κ1) is 21.8. The molecule has 2 amide bonds. The first-order chi connectivity index (χ1) is 13.8. The number of hydrogen-bond donors (Lipinski definition) is 2. The molecule has 2 aromatic carbocycles. The molecule has 29 heavy (non-hydrogen) atoms. The van der Waals surface area contributed by atoms with Crippen molar-refractivity contribution in [1.82, 2.24) is 5.32 Å². The molecule has 0 aliphatic rings. The highest BCUT2D eigenvalue weighted by molar-refractivity contribution is 5.98. The molecule has 0 radical (unpaired) electrons. The van der Waals surface area contributed by atoms with Crippen LogP contribution in [-0.2, 0) is 14.3 Å². The number of ketones is 1. The van der Waals surface area contributed by atoms with E-state index in [-0.39, 0.29) is 24.5 Å². The number of carbonyl (C=O) groups is 4. The zero-order valence-electron chi connectivity index (χ0n) is 16.7. The van der Waals surface area contributed by atoms with Crippen LogP contribution in [-0.4, -0.2) is 37.2 Å². The number of anilines is 1. The van der Waals surface area contributed by atoms with Crippen LogP contribution >= 0.6 is 0 Å². The van der Waals surface area contributed by atoms with Gasteiger partial charge in [-0.1, -0.05) is 12.1 Å². The van der Waals surface area contributed by atoms with Gasteiger partial charge in [-0.25, -0.2) is 0 Å². The summed E-state index contributed by atoms with van der Waals surface area (Å²) in [4.78, 5) is 47.3. The highest BCUT2D eigenvalue weighted by Gasteiger charge is 2.13. The molecule has 0 aliphatic carbocycles. The Hall–Kier alpha value is -3.48. The lowest BCUT2D eigenvalue weighted by Gasteiger charge is -2.08. The smallest absolute Gasteiger partial charge is 0.306 e. The molecule has 0 aromatic heterocycles. The Balaban J connectivity index is 1.75. The first-order valence-corrected chi connectivity index (χ1v) is 9.18. The summed E-state index contributed by atoms with van der Waals surface area (Å²) < 4.78 is 4.92. The van der Waals surface area contributed by atoms with Crippen LogP contribution in [0, 0.1) is 13.8 Å². The molecule has 0 bridgehead atoms. The zero-order chi connectivity index (χ0) is 21.4. The molecule has 0 aliphatic heterocycles. The Kier molecular flexibility index (Phi) is 7.65. The predicted octanol–water partition coefficient (Wildman–Crippen LogP) is 2.81. The SMILES string of the molecule is CNC(=O)c1ccc(NC(=O)COC(=O)CCC(=O)c2ccc(C)c(C)c2)cc1. The summed E-state index contributed by atoms with van der Waals surface area (Å²) in [5.41, 5.74) is 3.60. The number of ether oxygens (including phenoxy) is 1. The zero-order valence-corrected chi connectivity index (χ0v) is 16.7. The summed E-state index contributed by atoms with van der Waals surface area (Å²) in [6.45, 7) is 3.43. The lowest BCUT2D eigenvalue weighted by atomic mass is 10.0. The highest BCUT2D eigenvalue weighted by Crippen LogP contribution is 2.13. The number of nitrogens with one attached hydrogen (secondary N) is 2. The van der Waals surface area contributed by atoms with Gasteiger partial charge in [-0.05, 0) is 55.3 Å². The number of carbonyl (C=O) groups excluding carboxylic acids is 4. The standard InChI is InChI=1S/C22H24N2O5/c1-14-4-5-17(12-15(14)2)19(25)10-11-21(27)29-13-20(26)24-18-8-6-16(7-9-18)22(28)23-3/h4-9,12H,10-11,13H2,1-3H3,(H,23,28)(H,24,26). The van der Waals surface area contributed by atoms with E-state index in [1.165, 1.54) is 7.05 Å². The quantitative estimate of drug-likeness (QED) is 0.528. The Morgan fingerprint density at radius 2 is 1.52 bits per heavy atom. The molecule has 7 nitrogen and oxygen atoms in total. The third kappa shape index (κ3) is 6.57. The van der Waals surface area contributed by atoms with E-state index < -0.39 is 18.5 Å². The molecular weight excluding hydrogens is 372 g/mol. The minimum Gasteiger partial charge on any atom is -0.456 e. The van der Waals surface area contributed by atoms with Gasteiger partial charge in [0.15, 0.2) is 12.4 Å². The van der Waals surface area contributed by atoms with Crippen LogP contribution in [0.15, 0.2) is 42.5 Å². The van der Waals surface area contributed by atoms with E-state index in [0.29, 0.717) is 16.8 Å². The molecule has 0 saturated heterocycles. The number of Topliss-reactive ketones (excluding diaryl/α,β-unsaturated/α-hetero) is 1. The monoisotopic (exact) mass is 396 g/mol. The van der Waals surface area contributed by atoms with Gasteiger partial charge in [-0.15, -0.1) is 0 Å². The number of hydrogen-bond acceptors (Lipinski definition) is 5. The van der Waals surface area contributed by atoms with Gasteiger partial charge < -0.3 is 15.4 Å². The topological polar surface area (TPSA) is 102 Å². The van der Waals surface area contributed by atoms with Gasteiger partial charge in [0.2, 0.25) is 0 Å². The maximum atomic E-state index is 12.2.